The SMILES string of the molecule is Fc1ccc(COCc2cccs2)cc1Br. The van der Waals surface area contributed by atoms with E-state index in [2.05, 4.69) is 15.9 Å². The average Bonchev–Trinajstić information content (AvgIpc) is 2.76. The molecular formula is C12H10BrFOS. The lowest BCUT2D eigenvalue weighted by molar-refractivity contribution is 0.109. The van der Waals surface area contributed by atoms with Crippen molar-refractivity contribution < 1.29 is 9.13 Å². The summed E-state index contributed by atoms with van der Waals surface area (Å²) < 4.78 is 19.0. The van der Waals surface area contributed by atoms with E-state index in [4.69, 9.17) is 4.74 Å². The van der Waals surface area contributed by atoms with Crippen LogP contribution in [0.3, 0.4) is 0 Å². The second kappa shape index (κ2) is 5.57. The summed E-state index contributed by atoms with van der Waals surface area (Å²) in [7, 11) is 0. The van der Waals surface area contributed by atoms with Gasteiger partial charge in [0, 0.05) is 4.88 Å². The maximum atomic E-state index is 13.0. The Balaban J connectivity index is 1.87. The van der Waals surface area contributed by atoms with Crippen LogP contribution < -0.4 is 0 Å². The van der Waals surface area contributed by atoms with Crippen molar-refractivity contribution in [2.45, 2.75) is 13.2 Å². The predicted octanol–water partition coefficient (Wildman–Crippen LogP) is 4.37. The molecule has 0 aliphatic rings. The van der Waals surface area contributed by atoms with Crippen LogP contribution in [0.4, 0.5) is 4.39 Å². The minimum absolute atomic E-state index is 0.248. The van der Waals surface area contributed by atoms with Crippen LogP contribution in [0.1, 0.15) is 10.4 Å². The largest absolute Gasteiger partial charge is 0.371 e. The second-order valence-electron chi connectivity index (χ2n) is 3.32. The van der Waals surface area contributed by atoms with Gasteiger partial charge in [-0.15, -0.1) is 11.3 Å². The molecule has 0 saturated carbocycles. The smallest absolute Gasteiger partial charge is 0.137 e. The maximum Gasteiger partial charge on any atom is 0.137 e. The quantitative estimate of drug-likeness (QED) is 0.815. The van der Waals surface area contributed by atoms with Gasteiger partial charge in [0.15, 0.2) is 0 Å². The van der Waals surface area contributed by atoms with E-state index >= 15 is 0 Å². The minimum atomic E-state index is -0.248. The van der Waals surface area contributed by atoms with Crippen LogP contribution in [0.25, 0.3) is 0 Å². The summed E-state index contributed by atoms with van der Waals surface area (Å²) in [5.74, 6) is -0.248. The Labute approximate surface area is 106 Å². The molecule has 1 nitrogen and oxygen atoms in total. The van der Waals surface area contributed by atoms with Gasteiger partial charge in [-0.1, -0.05) is 12.1 Å². The summed E-state index contributed by atoms with van der Waals surface area (Å²) in [5.41, 5.74) is 0.963. The lowest BCUT2D eigenvalue weighted by atomic mass is 10.2. The molecule has 0 unspecified atom stereocenters. The third-order valence-corrected chi connectivity index (χ3v) is 3.53. The molecule has 0 N–H and O–H groups in total. The second-order valence-corrected chi connectivity index (χ2v) is 5.21. The highest BCUT2D eigenvalue weighted by molar-refractivity contribution is 9.10. The third-order valence-electron chi connectivity index (χ3n) is 2.08. The van der Waals surface area contributed by atoms with E-state index in [0.29, 0.717) is 17.7 Å². The first kappa shape index (κ1) is 11.8. The van der Waals surface area contributed by atoms with Gasteiger partial charge in [0.1, 0.15) is 5.82 Å². The fourth-order valence-electron chi connectivity index (χ4n) is 1.29. The van der Waals surface area contributed by atoms with Crippen molar-refractivity contribution in [3.05, 3.63) is 56.4 Å². The summed E-state index contributed by atoms with van der Waals surface area (Å²) >= 11 is 4.82. The molecule has 1 aromatic heterocycles. The highest BCUT2D eigenvalue weighted by Gasteiger charge is 2.01. The van der Waals surface area contributed by atoms with Crippen molar-refractivity contribution in [2.24, 2.45) is 0 Å². The molecule has 0 aliphatic heterocycles. The van der Waals surface area contributed by atoms with Gasteiger partial charge in [0.05, 0.1) is 17.7 Å². The first-order chi connectivity index (χ1) is 7.75. The van der Waals surface area contributed by atoms with Crippen molar-refractivity contribution in [1.82, 2.24) is 0 Å². The first-order valence-electron chi connectivity index (χ1n) is 4.80. The van der Waals surface area contributed by atoms with Gasteiger partial charge in [-0.25, -0.2) is 4.39 Å². The lowest BCUT2D eigenvalue weighted by Gasteiger charge is -2.04. The summed E-state index contributed by atoms with van der Waals surface area (Å²) in [6.07, 6.45) is 0. The molecular weight excluding hydrogens is 291 g/mol. The zero-order chi connectivity index (χ0) is 11.4. The normalized spacial score (nSPS) is 10.6. The molecule has 1 aromatic carbocycles. The predicted molar refractivity (Wildman–Crippen MR) is 66.9 cm³/mol. The van der Waals surface area contributed by atoms with Crippen LogP contribution >= 0.6 is 27.3 Å². The Morgan fingerprint density at radius 2 is 2.12 bits per heavy atom. The van der Waals surface area contributed by atoms with Crippen LogP contribution in [0.5, 0.6) is 0 Å². The topological polar surface area (TPSA) is 9.23 Å². The zero-order valence-electron chi connectivity index (χ0n) is 8.45. The molecule has 0 bridgehead atoms. The molecule has 1 heterocycles. The molecule has 0 aliphatic carbocycles. The van der Waals surface area contributed by atoms with Gasteiger partial charge in [0.25, 0.3) is 0 Å². The maximum absolute atomic E-state index is 13.0. The van der Waals surface area contributed by atoms with E-state index in [1.54, 1.807) is 23.5 Å². The fourth-order valence-corrected chi connectivity index (χ4v) is 2.36. The number of rotatable bonds is 4. The molecule has 0 radical (unpaired) electrons. The molecule has 2 aromatic rings. The van der Waals surface area contributed by atoms with Gasteiger partial charge in [-0.3, -0.25) is 0 Å². The summed E-state index contributed by atoms with van der Waals surface area (Å²) in [6, 6.07) is 8.94. The van der Waals surface area contributed by atoms with Crippen molar-refractivity contribution in [2.75, 3.05) is 0 Å². The molecule has 16 heavy (non-hydrogen) atoms. The average molecular weight is 301 g/mol. The zero-order valence-corrected chi connectivity index (χ0v) is 10.9. The van der Waals surface area contributed by atoms with Crippen molar-refractivity contribution in [3.63, 3.8) is 0 Å². The van der Waals surface area contributed by atoms with E-state index in [1.165, 1.54) is 10.9 Å². The van der Waals surface area contributed by atoms with Crippen LogP contribution in [-0.4, -0.2) is 0 Å². The summed E-state index contributed by atoms with van der Waals surface area (Å²) in [5, 5.41) is 2.02. The van der Waals surface area contributed by atoms with E-state index in [-0.39, 0.29) is 5.82 Å². The van der Waals surface area contributed by atoms with Gasteiger partial charge >= 0.3 is 0 Å². The molecule has 0 fully saturated rings. The Morgan fingerprint density at radius 3 is 2.81 bits per heavy atom. The van der Waals surface area contributed by atoms with Gasteiger partial charge in [0.2, 0.25) is 0 Å². The highest BCUT2D eigenvalue weighted by Crippen LogP contribution is 2.18. The van der Waals surface area contributed by atoms with Crippen LogP contribution in [-0.2, 0) is 18.0 Å². The molecule has 0 atom stereocenters. The number of halogens is 2. The number of hydrogen-bond acceptors (Lipinski definition) is 2. The van der Waals surface area contributed by atoms with Crippen molar-refractivity contribution in [3.8, 4) is 0 Å². The molecule has 4 heteroatoms. The molecule has 2 rings (SSSR count). The lowest BCUT2D eigenvalue weighted by Crippen LogP contribution is -1.93. The Hall–Kier alpha value is -0.710. The first-order valence-corrected chi connectivity index (χ1v) is 6.47. The van der Waals surface area contributed by atoms with Crippen molar-refractivity contribution in [1.29, 1.82) is 0 Å². The number of ether oxygens (including phenoxy) is 1. The van der Waals surface area contributed by atoms with E-state index in [1.807, 2.05) is 17.5 Å². The van der Waals surface area contributed by atoms with Gasteiger partial charge < -0.3 is 4.74 Å². The molecule has 0 spiro atoms. The van der Waals surface area contributed by atoms with Crippen LogP contribution in [0.2, 0.25) is 0 Å². The monoisotopic (exact) mass is 300 g/mol. The van der Waals surface area contributed by atoms with Gasteiger partial charge in [-0.2, -0.15) is 0 Å². The van der Waals surface area contributed by atoms with Crippen LogP contribution in [0, 0.1) is 5.82 Å². The standard InChI is InChI=1S/C12H10BrFOS/c13-11-6-9(3-4-12(11)14)7-15-8-10-2-1-5-16-10/h1-6H,7-8H2. The summed E-state index contributed by atoms with van der Waals surface area (Å²) in [6.45, 7) is 1.10. The Kier molecular flexibility index (Phi) is 4.09. The molecule has 0 amide bonds. The Morgan fingerprint density at radius 1 is 1.25 bits per heavy atom. The number of thiophene rings is 1. The van der Waals surface area contributed by atoms with Crippen molar-refractivity contribution >= 4 is 27.3 Å². The fraction of sp³-hybridized carbons (Fsp3) is 0.167. The van der Waals surface area contributed by atoms with E-state index < -0.39 is 0 Å². The minimum Gasteiger partial charge on any atom is -0.371 e. The van der Waals surface area contributed by atoms with E-state index in [0.717, 1.165) is 5.56 Å². The number of hydrogen-bond donors (Lipinski definition) is 0. The Bertz CT molecular complexity index is 456. The number of benzene rings is 1. The van der Waals surface area contributed by atoms with Crippen LogP contribution in [0.15, 0.2) is 40.2 Å². The summed E-state index contributed by atoms with van der Waals surface area (Å²) in [4.78, 5) is 1.20. The van der Waals surface area contributed by atoms with E-state index in [9.17, 15) is 4.39 Å². The molecule has 84 valence electrons. The van der Waals surface area contributed by atoms with Gasteiger partial charge in [-0.05, 0) is 45.1 Å². The highest BCUT2D eigenvalue weighted by atomic mass is 79.9. The third kappa shape index (κ3) is 3.14. The molecule has 0 saturated heterocycles.